The van der Waals surface area contributed by atoms with Gasteiger partial charge in [-0.05, 0) is 44.4 Å². The molecule has 0 unspecified atom stereocenters. The first-order valence-corrected chi connectivity index (χ1v) is 8.07. The molecule has 7 heteroatoms. The van der Waals surface area contributed by atoms with Gasteiger partial charge in [-0.3, -0.25) is 4.79 Å². The predicted octanol–water partition coefficient (Wildman–Crippen LogP) is 2.05. The molecule has 0 aliphatic carbocycles. The lowest BCUT2D eigenvalue weighted by atomic mass is 10.1. The predicted molar refractivity (Wildman–Crippen MR) is 90.6 cm³/mol. The van der Waals surface area contributed by atoms with Gasteiger partial charge < -0.3 is 19.7 Å². The van der Waals surface area contributed by atoms with E-state index in [1.807, 2.05) is 26.0 Å². The van der Waals surface area contributed by atoms with Gasteiger partial charge in [0.2, 0.25) is 5.91 Å². The first-order valence-electron chi connectivity index (χ1n) is 8.07. The summed E-state index contributed by atoms with van der Waals surface area (Å²) >= 11 is 0. The quantitative estimate of drug-likeness (QED) is 0.720. The zero-order valence-corrected chi connectivity index (χ0v) is 14.4. The Morgan fingerprint density at radius 1 is 1.20 bits per heavy atom. The van der Waals surface area contributed by atoms with Crippen LogP contribution < -0.4 is 10.1 Å². The number of aryl methyl sites for hydroxylation is 2. The number of rotatable bonds is 9. The molecule has 0 saturated heterocycles. The van der Waals surface area contributed by atoms with Crippen molar-refractivity contribution in [3.05, 3.63) is 46.8 Å². The summed E-state index contributed by atoms with van der Waals surface area (Å²) in [6, 6.07) is 7.15. The van der Waals surface area contributed by atoms with Crippen molar-refractivity contribution in [2.45, 2.75) is 33.1 Å². The van der Waals surface area contributed by atoms with Gasteiger partial charge in [0.25, 0.3) is 0 Å². The summed E-state index contributed by atoms with van der Waals surface area (Å²) in [7, 11) is 0. The van der Waals surface area contributed by atoms with Gasteiger partial charge in [-0.25, -0.2) is 4.79 Å². The summed E-state index contributed by atoms with van der Waals surface area (Å²) in [6.07, 6.45) is 1.70. The SMILES string of the molecule is Cc1noc(C)c1CCC(=O)NCCc1ccc(OCC(=O)O)cc1. The lowest BCUT2D eigenvalue weighted by molar-refractivity contribution is -0.139. The van der Waals surface area contributed by atoms with Crippen LogP contribution in [0.5, 0.6) is 5.75 Å². The van der Waals surface area contributed by atoms with E-state index >= 15 is 0 Å². The number of nitrogens with zero attached hydrogens (tertiary/aromatic N) is 1. The molecule has 0 radical (unpaired) electrons. The number of aromatic nitrogens is 1. The van der Waals surface area contributed by atoms with Crippen LogP contribution in [0.15, 0.2) is 28.8 Å². The maximum Gasteiger partial charge on any atom is 0.341 e. The van der Waals surface area contributed by atoms with Gasteiger partial charge in [-0.2, -0.15) is 0 Å². The van der Waals surface area contributed by atoms with E-state index < -0.39 is 5.97 Å². The van der Waals surface area contributed by atoms with E-state index in [-0.39, 0.29) is 12.5 Å². The van der Waals surface area contributed by atoms with Crippen LogP contribution >= 0.6 is 0 Å². The van der Waals surface area contributed by atoms with Gasteiger partial charge >= 0.3 is 5.97 Å². The number of carboxylic acid groups (broad SMARTS) is 1. The Balaban J connectivity index is 1.69. The van der Waals surface area contributed by atoms with Crippen LogP contribution in [0.3, 0.4) is 0 Å². The second-order valence-electron chi connectivity index (χ2n) is 5.73. The van der Waals surface area contributed by atoms with Gasteiger partial charge in [-0.1, -0.05) is 17.3 Å². The zero-order valence-electron chi connectivity index (χ0n) is 14.4. The molecule has 2 aromatic rings. The van der Waals surface area contributed by atoms with E-state index in [0.29, 0.717) is 31.6 Å². The highest BCUT2D eigenvalue weighted by molar-refractivity contribution is 5.76. The number of amides is 1. The number of carbonyl (C=O) groups excluding carboxylic acids is 1. The van der Waals surface area contributed by atoms with E-state index in [1.54, 1.807) is 12.1 Å². The van der Waals surface area contributed by atoms with Crippen molar-refractivity contribution in [1.82, 2.24) is 10.5 Å². The Kier molecular flexibility index (Phi) is 6.56. The molecule has 0 fully saturated rings. The van der Waals surface area contributed by atoms with E-state index in [9.17, 15) is 9.59 Å². The van der Waals surface area contributed by atoms with Crippen LogP contribution in [0.1, 0.15) is 29.0 Å². The molecular formula is C18H22N2O5. The Morgan fingerprint density at radius 3 is 2.52 bits per heavy atom. The number of carbonyl (C=O) groups is 2. The van der Waals surface area contributed by atoms with Gasteiger partial charge in [0, 0.05) is 18.5 Å². The fourth-order valence-corrected chi connectivity index (χ4v) is 2.43. The first kappa shape index (κ1) is 18.5. The fraction of sp³-hybridized carbons (Fsp3) is 0.389. The highest BCUT2D eigenvalue weighted by Crippen LogP contribution is 2.14. The molecule has 0 bridgehead atoms. The largest absolute Gasteiger partial charge is 0.482 e. The lowest BCUT2D eigenvalue weighted by Crippen LogP contribution is -2.25. The number of hydrogen-bond acceptors (Lipinski definition) is 5. The van der Waals surface area contributed by atoms with Gasteiger partial charge in [-0.15, -0.1) is 0 Å². The van der Waals surface area contributed by atoms with Crippen molar-refractivity contribution < 1.29 is 24.0 Å². The molecule has 1 amide bonds. The molecule has 25 heavy (non-hydrogen) atoms. The van der Waals surface area contributed by atoms with E-state index in [1.165, 1.54) is 0 Å². The third-order valence-corrected chi connectivity index (χ3v) is 3.80. The Bertz CT molecular complexity index is 702. The zero-order chi connectivity index (χ0) is 18.2. The molecule has 0 aliphatic rings. The molecule has 0 aliphatic heterocycles. The molecule has 0 spiro atoms. The number of benzene rings is 1. The average molecular weight is 346 g/mol. The molecule has 134 valence electrons. The van der Waals surface area contributed by atoms with Crippen molar-refractivity contribution in [3.63, 3.8) is 0 Å². The minimum Gasteiger partial charge on any atom is -0.482 e. The van der Waals surface area contributed by atoms with Crippen LogP contribution in [-0.2, 0) is 22.4 Å². The van der Waals surface area contributed by atoms with Gasteiger partial charge in [0.1, 0.15) is 11.5 Å². The Labute approximate surface area is 146 Å². The highest BCUT2D eigenvalue weighted by atomic mass is 16.5. The van der Waals surface area contributed by atoms with Crippen molar-refractivity contribution >= 4 is 11.9 Å². The summed E-state index contributed by atoms with van der Waals surface area (Å²) in [6.45, 7) is 3.89. The number of hydrogen-bond donors (Lipinski definition) is 2. The van der Waals surface area contributed by atoms with Crippen molar-refractivity contribution in [1.29, 1.82) is 0 Å². The van der Waals surface area contributed by atoms with Crippen LogP contribution in [0.25, 0.3) is 0 Å². The maximum atomic E-state index is 11.9. The van der Waals surface area contributed by atoms with Gasteiger partial charge in [0.05, 0.1) is 5.69 Å². The second kappa shape index (κ2) is 8.86. The summed E-state index contributed by atoms with van der Waals surface area (Å²) in [5.41, 5.74) is 2.86. The molecular weight excluding hydrogens is 324 g/mol. The van der Waals surface area contributed by atoms with Crippen LogP contribution in [-0.4, -0.2) is 35.3 Å². The van der Waals surface area contributed by atoms with Crippen molar-refractivity contribution in [2.24, 2.45) is 0 Å². The van der Waals surface area contributed by atoms with E-state index in [0.717, 1.165) is 22.6 Å². The number of ether oxygens (including phenoxy) is 1. The molecule has 1 aromatic heterocycles. The van der Waals surface area contributed by atoms with E-state index in [4.69, 9.17) is 14.4 Å². The summed E-state index contributed by atoms with van der Waals surface area (Å²) in [5, 5.41) is 15.3. The number of carboxylic acids is 1. The molecule has 0 saturated carbocycles. The number of nitrogens with one attached hydrogen (secondary N) is 1. The topological polar surface area (TPSA) is 102 Å². The van der Waals surface area contributed by atoms with E-state index in [2.05, 4.69) is 10.5 Å². The molecule has 7 nitrogen and oxygen atoms in total. The molecule has 1 aromatic carbocycles. The molecule has 2 rings (SSSR count). The molecule has 0 atom stereocenters. The smallest absolute Gasteiger partial charge is 0.341 e. The highest BCUT2D eigenvalue weighted by Gasteiger charge is 2.10. The fourth-order valence-electron chi connectivity index (χ4n) is 2.43. The summed E-state index contributed by atoms with van der Waals surface area (Å²) < 4.78 is 10.2. The molecule has 1 heterocycles. The Hall–Kier alpha value is -2.83. The summed E-state index contributed by atoms with van der Waals surface area (Å²) in [4.78, 5) is 22.4. The minimum absolute atomic E-state index is 0.0126. The lowest BCUT2D eigenvalue weighted by Gasteiger charge is -2.07. The third-order valence-electron chi connectivity index (χ3n) is 3.80. The minimum atomic E-state index is -1.01. The Morgan fingerprint density at radius 2 is 1.92 bits per heavy atom. The second-order valence-corrected chi connectivity index (χ2v) is 5.73. The van der Waals surface area contributed by atoms with Gasteiger partial charge in [0.15, 0.2) is 6.61 Å². The third kappa shape index (κ3) is 5.95. The average Bonchev–Trinajstić information content (AvgIpc) is 2.90. The van der Waals surface area contributed by atoms with Crippen LogP contribution in [0.4, 0.5) is 0 Å². The normalized spacial score (nSPS) is 10.5. The van der Waals surface area contributed by atoms with Crippen LogP contribution in [0, 0.1) is 13.8 Å². The maximum absolute atomic E-state index is 11.9. The number of aliphatic carboxylic acids is 1. The standard InChI is InChI=1S/C18H22N2O5/c1-12-16(13(2)25-20-12)7-8-17(21)19-10-9-14-3-5-15(6-4-14)24-11-18(22)23/h3-6H,7-11H2,1-2H3,(H,19,21)(H,22,23). The molecule has 2 N–H and O–H groups in total. The van der Waals surface area contributed by atoms with Crippen LogP contribution in [0.2, 0.25) is 0 Å². The van der Waals surface area contributed by atoms with Crippen molar-refractivity contribution in [3.8, 4) is 5.75 Å². The monoisotopic (exact) mass is 346 g/mol. The van der Waals surface area contributed by atoms with Crippen molar-refractivity contribution in [2.75, 3.05) is 13.2 Å². The first-order chi connectivity index (χ1) is 12.0. The summed E-state index contributed by atoms with van der Waals surface area (Å²) in [5.74, 6) is 0.245.